The summed E-state index contributed by atoms with van der Waals surface area (Å²) in [5.74, 6) is 0.0166. The summed E-state index contributed by atoms with van der Waals surface area (Å²) in [5, 5.41) is 3.17. The zero-order valence-electron chi connectivity index (χ0n) is 14.9. The summed E-state index contributed by atoms with van der Waals surface area (Å²) in [6, 6.07) is 3.37. The molecule has 0 unspecified atom stereocenters. The van der Waals surface area contributed by atoms with Gasteiger partial charge in [0.2, 0.25) is 0 Å². The second-order valence-corrected chi connectivity index (χ2v) is 7.48. The van der Waals surface area contributed by atoms with Gasteiger partial charge in [-0.3, -0.25) is 14.7 Å². The molecule has 0 aromatic carbocycles. The average molecular weight is 371 g/mol. The average Bonchev–Trinajstić information content (AvgIpc) is 3.27. The molecule has 0 saturated carbocycles. The van der Waals surface area contributed by atoms with Gasteiger partial charge in [-0.2, -0.15) is 0 Å². The highest BCUT2D eigenvalue weighted by Gasteiger charge is 2.31. The Morgan fingerprint density at radius 2 is 2.23 bits per heavy atom. The number of piperidine rings is 1. The van der Waals surface area contributed by atoms with Crippen LogP contribution in [0.4, 0.5) is 0 Å². The standard InChI is InChI=1S/C18H21N5O2S/c1-3-12-8-16(24)23-15(20-12)9-13(21-23)14-6-4-5-7-22(14)18(25)17-11(2)19-10-26-17/h8-10,14,21H,3-7H2,1-2H3/t14-/m0/s1. The number of fused-ring (bicyclic) bond motifs is 1. The van der Waals surface area contributed by atoms with Crippen molar-refractivity contribution < 1.29 is 4.79 Å². The van der Waals surface area contributed by atoms with Crippen LogP contribution in [-0.4, -0.2) is 36.9 Å². The third kappa shape index (κ3) is 2.84. The van der Waals surface area contributed by atoms with Crippen LogP contribution in [-0.2, 0) is 6.42 Å². The van der Waals surface area contributed by atoms with Gasteiger partial charge in [-0.25, -0.2) is 14.5 Å². The Hall–Kier alpha value is -2.48. The number of aryl methyl sites for hydroxylation is 2. The molecule has 4 heterocycles. The fraction of sp³-hybridized carbons (Fsp3) is 0.444. The maximum absolute atomic E-state index is 13.0. The largest absolute Gasteiger partial charge is 0.329 e. The van der Waals surface area contributed by atoms with E-state index in [2.05, 4.69) is 15.1 Å². The molecular formula is C18H21N5O2S. The number of H-pyrrole nitrogens is 1. The molecule has 4 rings (SSSR count). The highest BCUT2D eigenvalue weighted by Crippen LogP contribution is 2.32. The molecule has 26 heavy (non-hydrogen) atoms. The van der Waals surface area contributed by atoms with E-state index in [4.69, 9.17) is 0 Å². The van der Waals surface area contributed by atoms with Crippen molar-refractivity contribution in [2.75, 3.05) is 6.54 Å². The van der Waals surface area contributed by atoms with Crippen LogP contribution in [0.1, 0.15) is 59.0 Å². The fourth-order valence-corrected chi connectivity index (χ4v) is 4.30. The molecule has 1 aliphatic rings. The Labute approximate surface area is 154 Å². The van der Waals surface area contributed by atoms with Crippen LogP contribution in [0.25, 0.3) is 5.65 Å². The molecule has 1 fully saturated rings. The van der Waals surface area contributed by atoms with Gasteiger partial charge in [0, 0.05) is 24.4 Å². The monoisotopic (exact) mass is 371 g/mol. The molecule has 0 radical (unpaired) electrons. The maximum atomic E-state index is 13.0. The molecule has 1 N–H and O–H groups in total. The molecule has 0 bridgehead atoms. The lowest BCUT2D eigenvalue weighted by atomic mass is 9.99. The van der Waals surface area contributed by atoms with Gasteiger partial charge in [-0.15, -0.1) is 11.3 Å². The summed E-state index contributed by atoms with van der Waals surface area (Å²) < 4.78 is 1.46. The lowest BCUT2D eigenvalue weighted by Gasteiger charge is -2.34. The van der Waals surface area contributed by atoms with Crippen LogP contribution in [0, 0.1) is 6.92 Å². The molecule has 0 aliphatic carbocycles. The van der Waals surface area contributed by atoms with Crippen molar-refractivity contribution in [3.63, 3.8) is 0 Å². The van der Waals surface area contributed by atoms with E-state index in [-0.39, 0.29) is 17.5 Å². The third-order valence-corrected chi connectivity index (χ3v) is 5.86. The second kappa shape index (κ2) is 6.68. The van der Waals surface area contributed by atoms with Gasteiger partial charge < -0.3 is 4.90 Å². The Kier molecular flexibility index (Phi) is 4.36. The van der Waals surface area contributed by atoms with E-state index < -0.39 is 0 Å². The molecular weight excluding hydrogens is 350 g/mol. The van der Waals surface area contributed by atoms with Crippen LogP contribution in [0.15, 0.2) is 22.4 Å². The van der Waals surface area contributed by atoms with E-state index in [1.54, 1.807) is 11.6 Å². The molecule has 1 atom stereocenters. The summed E-state index contributed by atoms with van der Waals surface area (Å²) in [6.07, 6.45) is 3.61. The van der Waals surface area contributed by atoms with E-state index in [1.807, 2.05) is 24.8 Å². The number of carbonyl (C=O) groups excluding carboxylic acids is 1. The lowest BCUT2D eigenvalue weighted by Crippen LogP contribution is -2.38. The number of hydrogen-bond acceptors (Lipinski definition) is 5. The molecule has 1 saturated heterocycles. The minimum absolute atomic E-state index is 0.0166. The molecule has 8 heteroatoms. The van der Waals surface area contributed by atoms with Crippen molar-refractivity contribution in [2.24, 2.45) is 0 Å². The van der Waals surface area contributed by atoms with Gasteiger partial charge in [-0.1, -0.05) is 6.92 Å². The summed E-state index contributed by atoms with van der Waals surface area (Å²) in [5.41, 5.74) is 4.60. The van der Waals surface area contributed by atoms with Crippen molar-refractivity contribution >= 4 is 22.9 Å². The Morgan fingerprint density at radius 1 is 1.38 bits per heavy atom. The van der Waals surface area contributed by atoms with E-state index in [1.165, 1.54) is 15.9 Å². The number of aromatic amines is 1. The van der Waals surface area contributed by atoms with Crippen LogP contribution < -0.4 is 5.56 Å². The SMILES string of the molecule is CCc1cc(=O)n2[nH]c([C@@H]3CCCCN3C(=O)c3scnc3C)cc2n1. The normalized spacial score (nSPS) is 17.8. The number of aromatic nitrogens is 4. The minimum atomic E-state index is -0.120. The number of amides is 1. The van der Waals surface area contributed by atoms with E-state index in [0.717, 1.165) is 36.3 Å². The molecule has 7 nitrogen and oxygen atoms in total. The number of nitrogens with one attached hydrogen (secondary N) is 1. The van der Waals surface area contributed by atoms with Crippen molar-refractivity contribution in [1.82, 2.24) is 24.5 Å². The molecule has 0 spiro atoms. The Balaban J connectivity index is 1.73. The predicted octanol–water partition coefficient (Wildman–Crippen LogP) is 2.72. The lowest BCUT2D eigenvalue weighted by molar-refractivity contribution is 0.0610. The smallest absolute Gasteiger partial charge is 0.272 e. The Morgan fingerprint density at radius 3 is 2.96 bits per heavy atom. The van der Waals surface area contributed by atoms with E-state index >= 15 is 0 Å². The predicted molar refractivity (Wildman–Crippen MR) is 99.7 cm³/mol. The minimum Gasteiger partial charge on any atom is -0.329 e. The van der Waals surface area contributed by atoms with Crippen molar-refractivity contribution in [3.05, 3.63) is 50.0 Å². The third-order valence-electron chi connectivity index (χ3n) is 4.95. The first kappa shape index (κ1) is 17.0. The molecule has 1 aliphatic heterocycles. The first-order valence-corrected chi connectivity index (χ1v) is 9.79. The number of hydrogen-bond donors (Lipinski definition) is 1. The van der Waals surface area contributed by atoms with Crippen LogP contribution in [0.5, 0.6) is 0 Å². The van der Waals surface area contributed by atoms with Crippen molar-refractivity contribution in [3.8, 4) is 0 Å². The van der Waals surface area contributed by atoms with Gasteiger partial charge in [-0.05, 0) is 32.6 Å². The van der Waals surface area contributed by atoms with Crippen molar-refractivity contribution in [1.29, 1.82) is 0 Å². The summed E-state index contributed by atoms with van der Waals surface area (Å²) in [4.78, 5) is 36.7. The summed E-state index contributed by atoms with van der Waals surface area (Å²) in [6.45, 7) is 4.55. The van der Waals surface area contributed by atoms with Gasteiger partial charge in [0.05, 0.1) is 22.9 Å². The van der Waals surface area contributed by atoms with Crippen LogP contribution in [0.3, 0.4) is 0 Å². The highest BCUT2D eigenvalue weighted by atomic mass is 32.1. The first-order valence-electron chi connectivity index (χ1n) is 8.91. The fourth-order valence-electron chi connectivity index (χ4n) is 3.55. The molecule has 3 aromatic rings. The topological polar surface area (TPSA) is 83.4 Å². The van der Waals surface area contributed by atoms with E-state index in [9.17, 15) is 9.59 Å². The maximum Gasteiger partial charge on any atom is 0.272 e. The summed E-state index contributed by atoms with van der Waals surface area (Å²) in [7, 11) is 0. The zero-order valence-corrected chi connectivity index (χ0v) is 15.7. The summed E-state index contributed by atoms with van der Waals surface area (Å²) >= 11 is 1.38. The number of thiazole rings is 1. The second-order valence-electron chi connectivity index (χ2n) is 6.62. The highest BCUT2D eigenvalue weighted by molar-refractivity contribution is 7.11. The first-order chi connectivity index (χ1) is 12.6. The van der Waals surface area contributed by atoms with Gasteiger partial charge in [0.1, 0.15) is 4.88 Å². The number of nitrogens with zero attached hydrogens (tertiary/aromatic N) is 4. The van der Waals surface area contributed by atoms with E-state index in [0.29, 0.717) is 23.5 Å². The van der Waals surface area contributed by atoms with Crippen LogP contribution >= 0.6 is 11.3 Å². The van der Waals surface area contributed by atoms with Gasteiger partial charge in [0.15, 0.2) is 5.65 Å². The van der Waals surface area contributed by atoms with Crippen molar-refractivity contribution in [2.45, 2.75) is 45.6 Å². The zero-order chi connectivity index (χ0) is 18.3. The number of likely N-dealkylation sites (tertiary alicyclic amines) is 1. The molecule has 3 aromatic heterocycles. The van der Waals surface area contributed by atoms with Gasteiger partial charge >= 0.3 is 0 Å². The Bertz CT molecular complexity index is 1020. The van der Waals surface area contributed by atoms with Gasteiger partial charge in [0.25, 0.3) is 11.5 Å². The molecule has 136 valence electrons. The quantitative estimate of drug-likeness (QED) is 0.767. The van der Waals surface area contributed by atoms with Crippen LogP contribution in [0.2, 0.25) is 0 Å². The molecule has 1 amide bonds. The number of carbonyl (C=O) groups is 1. The number of rotatable bonds is 3.